The van der Waals surface area contributed by atoms with Gasteiger partial charge in [0, 0.05) is 6.04 Å². The van der Waals surface area contributed by atoms with Gasteiger partial charge in [-0.05, 0) is 45.4 Å². The van der Waals surface area contributed by atoms with Crippen LogP contribution in [-0.2, 0) is 0 Å². The number of rotatable bonds is 6. The number of amides is 2. The Bertz CT molecular complexity index is 325. The van der Waals surface area contributed by atoms with Crippen LogP contribution in [0.1, 0.15) is 33.6 Å². The van der Waals surface area contributed by atoms with E-state index in [0.717, 1.165) is 31.5 Å². The van der Waals surface area contributed by atoms with E-state index in [1.54, 1.807) is 6.21 Å². The Labute approximate surface area is 109 Å². The summed E-state index contributed by atoms with van der Waals surface area (Å²) in [5.41, 5.74) is 1.10. The van der Waals surface area contributed by atoms with Crippen LogP contribution in [0, 0.1) is 0 Å². The van der Waals surface area contributed by atoms with Gasteiger partial charge in [0.05, 0.1) is 12.8 Å². The van der Waals surface area contributed by atoms with Gasteiger partial charge in [-0.25, -0.2) is 9.80 Å². The molecule has 1 unspecified atom stereocenters. The fraction of sp³-hybridized carbons (Fsp3) is 0.692. The van der Waals surface area contributed by atoms with Crippen molar-refractivity contribution in [3.05, 3.63) is 11.6 Å². The maximum atomic E-state index is 11.9. The molecule has 5 heteroatoms. The average Bonchev–Trinajstić information content (AvgIpc) is 2.35. The standard InChI is InChI=1S/C13H24N4O/c1-4-14-8-5-6-12(3)16-13(18)17-9-7-11(2)10-15-17/h7,10,12,14H,4-6,8-9H2,1-3H3,(H,16,18). The van der Waals surface area contributed by atoms with Gasteiger partial charge in [-0.2, -0.15) is 5.10 Å². The Morgan fingerprint density at radius 3 is 3.00 bits per heavy atom. The Hall–Kier alpha value is -1.36. The quantitative estimate of drug-likeness (QED) is 0.707. The number of allylic oxidation sites excluding steroid dienone is 1. The molecule has 1 rings (SSSR count). The minimum Gasteiger partial charge on any atom is -0.334 e. The zero-order valence-electron chi connectivity index (χ0n) is 11.6. The molecule has 0 spiro atoms. The van der Waals surface area contributed by atoms with Gasteiger partial charge in [0.2, 0.25) is 0 Å². The molecule has 0 aliphatic carbocycles. The summed E-state index contributed by atoms with van der Waals surface area (Å²) < 4.78 is 0. The first-order valence-electron chi connectivity index (χ1n) is 6.63. The molecular weight excluding hydrogens is 228 g/mol. The van der Waals surface area contributed by atoms with E-state index in [4.69, 9.17) is 0 Å². The number of carbonyl (C=O) groups excluding carboxylic acids is 1. The monoisotopic (exact) mass is 252 g/mol. The highest BCUT2D eigenvalue weighted by Gasteiger charge is 2.15. The molecule has 0 aromatic rings. The van der Waals surface area contributed by atoms with Crippen LogP contribution in [0.3, 0.4) is 0 Å². The topological polar surface area (TPSA) is 56.7 Å². The van der Waals surface area contributed by atoms with Crippen LogP contribution in [-0.4, -0.2) is 42.9 Å². The van der Waals surface area contributed by atoms with Gasteiger partial charge in [-0.15, -0.1) is 0 Å². The van der Waals surface area contributed by atoms with Crippen molar-refractivity contribution in [2.75, 3.05) is 19.6 Å². The van der Waals surface area contributed by atoms with Gasteiger partial charge < -0.3 is 10.6 Å². The zero-order valence-corrected chi connectivity index (χ0v) is 11.6. The molecule has 0 radical (unpaired) electrons. The molecule has 0 aromatic carbocycles. The van der Waals surface area contributed by atoms with E-state index in [-0.39, 0.29) is 12.1 Å². The molecule has 0 fully saturated rings. The first-order valence-corrected chi connectivity index (χ1v) is 6.63. The molecule has 1 heterocycles. The lowest BCUT2D eigenvalue weighted by Crippen LogP contribution is -2.42. The molecule has 0 saturated heterocycles. The van der Waals surface area contributed by atoms with Crippen LogP contribution >= 0.6 is 0 Å². The largest absolute Gasteiger partial charge is 0.338 e. The lowest BCUT2D eigenvalue weighted by atomic mass is 10.2. The van der Waals surface area contributed by atoms with Crippen molar-refractivity contribution in [2.24, 2.45) is 5.10 Å². The highest BCUT2D eigenvalue weighted by Crippen LogP contribution is 2.03. The second-order valence-electron chi connectivity index (χ2n) is 4.62. The van der Waals surface area contributed by atoms with Crippen LogP contribution < -0.4 is 10.6 Å². The third-order valence-electron chi connectivity index (χ3n) is 2.83. The summed E-state index contributed by atoms with van der Waals surface area (Å²) in [6.45, 7) is 8.64. The van der Waals surface area contributed by atoms with Crippen molar-refractivity contribution < 1.29 is 4.79 Å². The smallest absolute Gasteiger partial charge is 0.334 e. The number of hydrogen-bond donors (Lipinski definition) is 2. The lowest BCUT2D eigenvalue weighted by molar-refractivity contribution is 0.201. The van der Waals surface area contributed by atoms with E-state index in [0.29, 0.717) is 6.54 Å². The summed E-state index contributed by atoms with van der Waals surface area (Å²) in [6.07, 6.45) is 5.74. The van der Waals surface area contributed by atoms with Gasteiger partial charge in [0.25, 0.3) is 0 Å². The minimum atomic E-state index is -0.119. The highest BCUT2D eigenvalue weighted by molar-refractivity contribution is 5.82. The van der Waals surface area contributed by atoms with Gasteiger partial charge in [0.15, 0.2) is 0 Å². The van der Waals surface area contributed by atoms with E-state index in [2.05, 4.69) is 22.7 Å². The number of urea groups is 1. The number of nitrogens with one attached hydrogen (secondary N) is 2. The average molecular weight is 252 g/mol. The van der Waals surface area contributed by atoms with E-state index in [1.807, 2.05) is 19.9 Å². The van der Waals surface area contributed by atoms with Gasteiger partial charge >= 0.3 is 6.03 Å². The first kappa shape index (κ1) is 14.7. The second kappa shape index (κ2) is 7.87. The van der Waals surface area contributed by atoms with Crippen molar-refractivity contribution in [3.63, 3.8) is 0 Å². The predicted molar refractivity (Wildman–Crippen MR) is 74.7 cm³/mol. The van der Waals surface area contributed by atoms with Crippen LogP contribution in [0.2, 0.25) is 0 Å². The maximum Gasteiger partial charge on any atom is 0.338 e. The molecule has 1 aliphatic heterocycles. The maximum absolute atomic E-state index is 11.9. The minimum absolute atomic E-state index is 0.119. The fourth-order valence-corrected chi connectivity index (χ4v) is 1.69. The van der Waals surface area contributed by atoms with Crippen LogP contribution in [0.5, 0.6) is 0 Å². The second-order valence-corrected chi connectivity index (χ2v) is 4.62. The third-order valence-corrected chi connectivity index (χ3v) is 2.83. The molecule has 0 bridgehead atoms. The number of carbonyl (C=O) groups is 1. The SMILES string of the molecule is CCNCCCC(C)NC(=O)N1CC=C(C)C=N1. The molecule has 0 saturated carbocycles. The predicted octanol–water partition coefficient (Wildman–Crippen LogP) is 1.72. The Kier molecular flexibility index (Phi) is 6.43. The normalized spacial score (nSPS) is 16.4. The molecular formula is C13H24N4O. The number of hydrogen-bond acceptors (Lipinski definition) is 3. The van der Waals surface area contributed by atoms with Gasteiger partial charge in [-0.3, -0.25) is 0 Å². The number of nitrogens with zero attached hydrogens (tertiary/aromatic N) is 2. The van der Waals surface area contributed by atoms with Crippen LogP contribution in [0.15, 0.2) is 16.8 Å². The summed E-state index contributed by atoms with van der Waals surface area (Å²) >= 11 is 0. The third kappa shape index (κ3) is 5.31. The Balaban J connectivity index is 2.21. The number of hydrazone groups is 1. The fourth-order valence-electron chi connectivity index (χ4n) is 1.69. The van der Waals surface area contributed by atoms with E-state index in [9.17, 15) is 4.79 Å². The van der Waals surface area contributed by atoms with Crippen molar-refractivity contribution in [1.82, 2.24) is 15.6 Å². The van der Waals surface area contributed by atoms with Gasteiger partial charge in [-0.1, -0.05) is 13.0 Å². The van der Waals surface area contributed by atoms with E-state index >= 15 is 0 Å². The van der Waals surface area contributed by atoms with Crippen molar-refractivity contribution in [1.29, 1.82) is 0 Å². The molecule has 0 aromatic heterocycles. The van der Waals surface area contributed by atoms with Crippen LogP contribution in [0.4, 0.5) is 4.79 Å². The summed E-state index contributed by atoms with van der Waals surface area (Å²) in [7, 11) is 0. The van der Waals surface area contributed by atoms with Crippen molar-refractivity contribution in [3.8, 4) is 0 Å². The summed E-state index contributed by atoms with van der Waals surface area (Å²) in [6, 6.07) is 0.0595. The molecule has 18 heavy (non-hydrogen) atoms. The molecule has 2 N–H and O–H groups in total. The molecule has 1 atom stereocenters. The lowest BCUT2D eigenvalue weighted by Gasteiger charge is -2.22. The van der Waals surface area contributed by atoms with Gasteiger partial charge in [0.1, 0.15) is 0 Å². The summed E-state index contributed by atoms with van der Waals surface area (Å²) in [5.74, 6) is 0. The molecule has 5 nitrogen and oxygen atoms in total. The van der Waals surface area contributed by atoms with E-state index in [1.165, 1.54) is 5.01 Å². The molecule has 2 amide bonds. The first-order chi connectivity index (χ1) is 8.63. The Morgan fingerprint density at radius 1 is 1.61 bits per heavy atom. The zero-order chi connectivity index (χ0) is 13.4. The van der Waals surface area contributed by atoms with Crippen molar-refractivity contribution >= 4 is 12.2 Å². The summed E-state index contributed by atoms with van der Waals surface area (Å²) in [5, 5.41) is 11.8. The Morgan fingerprint density at radius 2 is 2.39 bits per heavy atom. The summed E-state index contributed by atoms with van der Waals surface area (Å²) in [4.78, 5) is 11.9. The van der Waals surface area contributed by atoms with Crippen molar-refractivity contribution in [2.45, 2.75) is 39.7 Å². The molecule has 102 valence electrons. The molecule has 1 aliphatic rings. The van der Waals surface area contributed by atoms with Crippen LogP contribution in [0.25, 0.3) is 0 Å². The highest BCUT2D eigenvalue weighted by atomic mass is 16.2. The van der Waals surface area contributed by atoms with E-state index < -0.39 is 0 Å².